The standard InChI is InChI=1S/C22H22N4S2/c1-13-9-15(3)25-21-11-17(5-7-19(21)23-13)27-28-18-6-8-20-22(12-18)26-16(4)10-14(2)24-20/h5-8,11-12H,9-10H2,1-4H3. The van der Waals surface area contributed by atoms with Crippen LogP contribution in [0.15, 0.2) is 66.2 Å². The van der Waals surface area contributed by atoms with E-state index in [-0.39, 0.29) is 0 Å². The van der Waals surface area contributed by atoms with Gasteiger partial charge in [-0.15, -0.1) is 0 Å². The molecule has 2 heterocycles. The van der Waals surface area contributed by atoms with Crippen molar-refractivity contribution >= 4 is 67.2 Å². The molecule has 0 fully saturated rings. The Labute approximate surface area is 173 Å². The number of hydrogen-bond acceptors (Lipinski definition) is 6. The lowest BCUT2D eigenvalue weighted by Gasteiger charge is -2.06. The molecule has 0 saturated carbocycles. The summed E-state index contributed by atoms with van der Waals surface area (Å²) < 4.78 is 0. The van der Waals surface area contributed by atoms with Crippen LogP contribution in [0.1, 0.15) is 40.5 Å². The molecule has 0 amide bonds. The molecule has 2 aromatic rings. The van der Waals surface area contributed by atoms with Crippen molar-refractivity contribution in [1.29, 1.82) is 0 Å². The maximum Gasteiger partial charge on any atom is 0.0896 e. The van der Waals surface area contributed by atoms with Crippen molar-refractivity contribution in [2.45, 2.75) is 50.3 Å². The average Bonchev–Trinajstić information content (AvgIpc) is 2.86. The van der Waals surface area contributed by atoms with E-state index >= 15 is 0 Å². The van der Waals surface area contributed by atoms with Crippen molar-refractivity contribution in [2.24, 2.45) is 20.0 Å². The fraction of sp³-hybridized carbons (Fsp3) is 0.273. The monoisotopic (exact) mass is 406 g/mol. The summed E-state index contributed by atoms with van der Waals surface area (Å²) in [5.41, 5.74) is 8.22. The third-order valence-electron chi connectivity index (χ3n) is 4.40. The van der Waals surface area contributed by atoms with Crippen LogP contribution in [0, 0.1) is 0 Å². The second-order valence-electron chi connectivity index (χ2n) is 7.21. The van der Waals surface area contributed by atoms with Gasteiger partial charge in [0.05, 0.1) is 22.7 Å². The highest BCUT2D eigenvalue weighted by Gasteiger charge is 2.11. The predicted molar refractivity (Wildman–Crippen MR) is 125 cm³/mol. The smallest absolute Gasteiger partial charge is 0.0896 e. The number of aliphatic imine (C=N–C) groups is 4. The second-order valence-corrected chi connectivity index (χ2v) is 9.49. The van der Waals surface area contributed by atoms with Crippen molar-refractivity contribution in [3.63, 3.8) is 0 Å². The van der Waals surface area contributed by atoms with E-state index in [2.05, 4.69) is 74.1 Å². The van der Waals surface area contributed by atoms with Crippen LogP contribution in [0.4, 0.5) is 22.7 Å². The quantitative estimate of drug-likeness (QED) is 0.491. The Morgan fingerprint density at radius 3 is 1.29 bits per heavy atom. The summed E-state index contributed by atoms with van der Waals surface area (Å²) >= 11 is 0. The summed E-state index contributed by atoms with van der Waals surface area (Å²) in [6.07, 6.45) is 1.67. The Morgan fingerprint density at radius 1 is 0.536 bits per heavy atom. The minimum atomic E-state index is 0.836. The third kappa shape index (κ3) is 4.45. The van der Waals surface area contributed by atoms with E-state index in [1.54, 1.807) is 21.6 Å². The van der Waals surface area contributed by atoms with Crippen molar-refractivity contribution in [3.8, 4) is 0 Å². The van der Waals surface area contributed by atoms with Crippen LogP contribution in [-0.4, -0.2) is 22.8 Å². The molecule has 28 heavy (non-hydrogen) atoms. The molecule has 4 nitrogen and oxygen atoms in total. The molecule has 0 bridgehead atoms. The summed E-state index contributed by atoms with van der Waals surface area (Å²) in [5.74, 6) is 0. The summed E-state index contributed by atoms with van der Waals surface area (Å²) in [6.45, 7) is 8.23. The first-order valence-electron chi connectivity index (χ1n) is 9.25. The zero-order valence-electron chi connectivity index (χ0n) is 16.5. The first-order valence-corrected chi connectivity index (χ1v) is 11.4. The van der Waals surface area contributed by atoms with Gasteiger partial charge in [-0.1, -0.05) is 21.6 Å². The lowest BCUT2D eigenvalue weighted by atomic mass is 10.2. The molecular weight excluding hydrogens is 384 g/mol. The molecule has 142 valence electrons. The van der Waals surface area contributed by atoms with Gasteiger partial charge in [-0.25, -0.2) is 0 Å². The van der Waals surface area contributed by atoms with Crippen LogP contribution in [0.2, 0.25) is 0 Å². The summed E-state index contributed by atoms with van der Waals surface area (Å²) in [5, 5.41) is 0. The van der Waals surface area contributed by atoms with Crippen LogP contribution in [-0.2, 0) is 0 Å². The van der Waals surface area contributed by atoms with E-state index in [1.165, 1.54) is 9.79 Å². The van der Waals surface area contributed by atoms with Crippen LogP contribution in [0.25, 0.3) is 0 Å². The topological polar surface area (TPSA) is 49.4 Å². The van der Waals surface area contributed by atoms with Crippen LogP contribution in [0.5, 0.6) is 0 Å². The Hall–Kier alpha value is -2.18. The van der Waals surface area contributed by atoms with Gasteiger partial charge >= 0.3 is 0 Å². The van der Waals surface area contributed by atoms with Gasteiger partial charge in [0.15, 0.2) is 0 Å². The minimum Gasteiger partial charge on any atom is -0.255 e. The molecule has 0 atom stereocenters. The molecule has 0 radical (unpaired) electrons. The molecule has 2 aliphatic rings. The average molecular weight is 407 g/mol. The molecule has 6 heteroatoms. The van der Waals surface area contributed by atoms with Crippen molar-refractivity contribution < 1.29 is 0 Å². The Bertz CT molecular complexity index is 979. The number of fused-ring (bicyclic) bond motifs is 2. The van der Waals surface area contributed by atoms with E-state index in [9.17, 15) is 0 Å². The maximum absolute atomic E-state index is 4.74. The van der Waals surface area contributed by atoms with Crippen molar-refractivity contribution in [2.75, 3.05) is 0 Å². The molecule has 0 unspecified atom stereocenters. The predicted octanol–water partition coefficient (Wildman–Crippen LogP) is 7.66. The SMILES string of the molecule is CC1=Nc2ccc(SSc3ccc4c(c3)N=C(C)CC(C)=N4)cc2N=C(C)C1. The molecule has 4 rings (SSSR count). The van der Waals surface area contributed by atoms with Gasteiger partial charge in [0.1, 0.15) is 0 Å². The lowest BCUT2D eigenvalue weighted by molar-refractivity contribution is 1.38. The minimum absolute atomic E-state index is 0.836. The Morgan fingerprint density at radius 2 is 0.893 bits per heavy atom. The van der Waals surface area contributed by atoms with Gasteiger partial charge in [0, 0.05) is 45.5 Å². The number of hydrogen-bond donors (Lipinski definition) is 0. The molecule has 0 aromatic heterocycles. The lowest BCUT2D eigenvalue weighted by Crippen LogP contribution is -1.97. The Balaban J connectivity index is 1.55. The molecule has 2 aromatic carbocycles. The molecule has 0 aliphatic carbocycles. The van der Waals surface area contributed by atoms with E-state index in [0.717, 1.165) is 58.4 Å². The second kappa shape index (κ2) is 8.05. The molecular formula is C22H22N4S2. The normalized spacial score (nSPS) is 16.0. The van der Waals surface area contributed by atoms with Gasteiger partial charge in [0.2, 0.25) is 0 Å². The zero-order valence-corrected chi connectivity index (χ0v) is 18.1. The van der Waals surface area contributed by atoms with Crippen LogP contribution >= 0.6 is 21.6 Å². The molecule has 0 saturated heterocycles. The van der Waals surface area contributed by atoms with Gasteiger partial charge < -0.3 is 0 Å². The van der Waals surface area contributed by atoms with Gasteiger partial charge in [-0.2, -0.15) is 0 Å². The summed E-state index contributed by atoms with van der Waals surface area (Å²) in [6, 6.07) is 12.6. The highest BCUT2D eigenvalue weighted by molar-refractivity contribution is 8.76. The summed E-state index contributed by atoms with van der Waals surface area (Å²) in [4.78, 5) is 21.2. The van der Waals surface area contributed by atoms with Crippen molar-refractivity contribution in [3.05, 3.63) is 36.4 Å². The largest absolute Gasteiger partial charge is 0.255 e. The number of nitrogens with zero attached hydrogens (tertiary/aromatic N) is 4. The number of benzene rings is 2. The van der Waals surface area contributed by atoms with Crippen LogP contribution in [0.3, 0.4) is 0 Å². The van der Waals surface area contributed by atoms with E-state index < -0.39 is 0 Å². The third-order valence-corrected chi connectivity index (χ3v) is 6.78. The highest BCUT2D eigenvalue weighted by Crippen LogP contribution is 2.44. The van der Waals surface area contributed by atoms with Crippen molar-refractivity contribution in [1.82, 2.24) is 0 Å². The zero-order chi connectivity index (χ0) is 19.7. The fourth-order valence-corrected chi connectivity index (χ4v) is 5.25. The maximum atomic E-state index is 4.74. The van der Waals surface area contributed by atoms with E-state index in [1.807, 2.05) is 0 Å². The fourth-order valence-electron chi connectivity index (χ4n) is 3.30. The molecule has 0 N–H and O–H groups in total. The molecule has 2 aliphatic heterocycles. The Kier molecular flexibility index (Phi) is 5.51. The van der Waals surface area contributed by atoms with Gasteiger partial charge in [-0.05, 0) is 64.1 Å². The van der Waals surface area contributed by atoms with Gasteiger partial charge in [-0.3, -0.25) is 20.0 Å². The van der Waals surface area contributed by atoms with Gasteiger partial charge in [0.25, 0.3) is 0 Å². The first-order chi connectivity index (χ1) is 13.5. The molecule has 0 spiro atoms. The first kappa shape index (κ1) is 19.2. The van der Waals surface area contributed by atoms with E-state index in [0.29, 0.717) is 0 Å². The van der Waals surface area contributed by atoms with Crippen LogP contribution < -0.4 is 0 Å². The summed E-state index contributed by atoms with van der Waals surface area (Å²) in [7, 11) is 3.45. The van der Waals surface area contributed by atoms with E-state index in [4.69, 9.17) is 9.98 Å². The number of rotatable bonds is 3. The highest BCUT2D eigenvalue weighted by atomic mass is 33.1.